The van der Waals surface area contributed by atoms with Crippen LogP contribution in [0.1, 0.15) is 32.8 Å². The molecule has 1 aromatic rings. The highest BCUT2D eigenvalue weighted by Gasteiger charge is 2.40. The molecule has 0 aliphatic rings. The van der Waals surface area contributed by atoms with Crippen LogP contribution in [-0.2, 0) is 15.8 Å². The maximum atomic E-state index is 6.32. The predicted molar refractivity (Wildman–Crippen MR) is 106 cm³/mol. The van der Waals surface area contributed by atoms with Crippen LogP contribution >= 0.6 is 22.6 Å². The summed E-state index contributed by atoms with van der Waals surface area (Å²) in [5.41, 5.74) is 1.18. The molecule has 0 aliphatic carbocycles. The molecule has 0 fully saturated rings. The average molecular weight is 432 g/mol. The molecular formula is C18H29IO2Si. The maximum Gasteiger partial charge on any atom is 0.250 e. The van der Waals surface area contributed by atoms with Crippen molar-refractivity contribution in [2.24, 2.45) is 0 Å². The van der Waals surface area contributed by atoms with Crippen molar-refractivity contribution in [2.45, 2.75) is 58.0 Å². The van der Waals surface area contributed by atoms with Crippen molar-refractivity contribution in [3.63, 3.8) is 0 Å². The maximum absolute atomic E-state index is 6.32. The molecule has 0 radical (unpaired) electrons. The number of hydrogen-bond acceptors (Lipinski definition) is 2. The first kappa shape index (κ1) is 19.7. The molecule has 2 nitrogen and oxygen atoms in total. The summed E-state index contributed by atoms with van der Waals surface area (Å²) in [6.07, 6.45) is 0.896. The lowest BCUT2D eigenvalue weighted by molar-refractivity contribution is 0.0388. The van der Waals surface area contributed by atoms with Crippen LogP contribution in [-0.4, -0.2) is 18.8 Å². The first-order chi connectivity index (χ1) is 10.2. The molecule has 22 heavy (non-hydrogen) atoms. The summed E-state index contributed by atoms with van der Waals surface area (Å²) in [7, 11) is -1.85. The van der Waals surface area contributed by atoms with Gasteiger partial charge in [0.05, 0.1) is 6.61 Å². The van der Waals surface area contributed by atoms with Crippen molar-refractivity contribution in [1.82, 2.24) is 0 Å². The Bertz CT molecular complexity index is 466. The van der Waals surface area contributed by atoms with Gasteiger partial charge in [0.25, 0.3) is 0 Å². The van der Waals surface area contributed by atoms with Crippen LogP contribution in [0.5, 0.6) is 0 Å². The number of alkyl halides is 1. The molecular weight excluding hydrogens is 403 g/mol. The zero-order valence-electron chi connectivity index (χ0n) is 14.5. The lowest BCUT2D eigenvalue weighted by Crippen LogP contribution is -2.42. The fraction of sp³-hybridized carbons (Fsp3) is 0.556. The lowest BCUT2D eigenvalue weighted by atomic mass is 10.2. The largest absolute Gasteiger partial charge is 0.545 e. The van der Waals surface area contributed by atoms with E-state index in [4.69, 9.17) is 9.16 Å². The Kier molecular flexibility index (Phi) is 7.62. The van der Waals surface area contributed by atoms with Gasteiger partial charge < -0.3 is 9.16 Å². The van der Waals surface area contributed by atoms with Gasteiger partial charge in [0, 0.05) is 4.43 Å². The van der Waals surface area contributed by atoms with E-state index >= 15 is 0 Å². The van der Waals surface area contributed by atoms with E-state index in [0.29, 0.717) is 6.61 Å². The highest BCUT2D eigenvalue weighted by atomic mass is 127. The minimum Gasteiger partial charge on any atom is -0.545 e. The van der Waals surface area contributed by atoms with Gasteiger partial charge >= 0.3 is 0 Å². The van der Waals surface area contributed by atoms with E-state index in [2.05, 4.69) is 75.2 Å². The third-order valence-electron chi connectivity index (χ3n) is 4.22. The minimum absolute atomic E-state index is 0.0359. The molecule has 0 heterocycles. The third-order valence-corrected chi connectivity index (χ3v) is 9.22. The summed E-state index contributed by atoms with van der Waals surface area (Å²) >= 11 is 2.38. The van der Waals surface area contributed by atoms with Crippen molar-refractivity contribution in [3.8, 4) is 0 Å². The van der Waals surface area contributed by atoms with E-state index in [9.17, 15) is 0 Å². The van der Waals surface area contributed by atoms with E-state index < -0.39 is 8.32 Å². The van der Waals surface area contributed by atoms with Gasteiger partial charge in [-0.1, -0.05) is 80.3 Å². The molecule has 0 saturated heterocycles. The third kappa shape index (κ3) is 6.05. The van der Waals surface area contributed by atoms with Crippen molar-refractivity contribution < 1.29 is 9.16 Å². The number of benzene rings is 1. The highest BCUT2D eigenvalue weighted by Crippen LogP contribution is 2.38. The van der Waals surface area contributed by atoms with Crippen molar-refractivity contribution >= 4 is 30.9 Å². The highest BCUT2D eigenvalue weighted by molar-refractivity contribution is 14.1. The SMILES string of the molecule is C=C(O[Si](C)(C)C(C)(C)C)[C@@H](CCI)OCc1ccccc1. The van der Waals surface area contributed by atoms with Gasteiger partial charge in [-0.3, -0.25) is 0 Å². The summed E-state index contributed by atoms with van der Waals surface area (Å²) in [5, 5.41) is 0.171. The van der Waals surface area contributed by atoms with Crippen molar-refractivity contribution in [1.29, 1.82) is 0 Å². The van der Waals surface area contributed by atoms with Crippen molar-refractivity contribution in [2.75, 3.05) is 4.43 Å². The van der Waals surface area contributed by atoms with Gasteiger partial charge in [0.1, 0.15) is 11.9 Å². The van der Waals surface area contributed by atoms with Gasteiger partial charge in [-0.2, -0.15) is 0 Å². The van der Waals surface area contributed by atoms with Gasteiger partial charge in [-0.15, -0.1) is 0 Å². The van der Waals surface area contributed by atoms with Crippen LogP contribution in [0, 0.1) is 0 Å². The Labute approximate surface area is 150 Å². The smallest absolute Gasteiger partial charge is 0.250 e. The van der Waals surface area contributed by atoms with Crippen LogP contribution in [0.15, 0.2) is 42.7 Å². The van der Waals surface area contributed by atoms with E-state index in [1.165, 1.54) is 5.56 Å². The zero-order chi connectivity index (χ0) is 16.8. The monoisotopic (exact) mass is 432 g/mol. The second-order valence-corrected chi connectivity index (χ2v) is 12.9. The Morgan fingerprint density at radius 2 is 1.82 bits per heavy atom. The van der Waals surface area contributed by atoms with Gasteiger partial charge in [0.15, 0.2) is 0 Å². The number of hydrogen-bond donors (Lipinski definition) is 0. The van der Waals surface area contributed by atoms with E-state index in [-0.39, 0.29) is 11.1 Å². The molecule has 1 rings (SSSR count). The second-order valence-electron chi connectivity index (χ2n) is 7.09. The molecule has 0 unspecified atom stereocenters. The average Bonchev–Trinajstić information content (AvgIpc) is 2.42. The van der Waals surface area contributed by atoms with Crippen LogP contribution in [0.3, 0.4) is 0 Å². The standard InChI is InChI=1S/C18H29IO2Si/c1-15(21-22(5,6)18(2,3)4)17(12-13-19)20-14-16-10-8-7-9-11-16/h7-11,17H,1,12-14H2,2-6H3/t17-/m1/s1. The Morgan fingerprint density at radius 3 is 2.32 bits per heavy atom. The molecule has 0 aliphatic heterocycles. The number of ether oxygens (including phenoxy) is 1. The molecule has 0 spiro atoms. The van der Waals surface area contributed by atoms with E-state index in [0.717, 1.165) is 16.6 Å². The van der Waals surface area contributed by atoms with Gasteiger partial charge in [0.2, 0.25) is 8.32 Å². The number of rotatable bonds is 8. The van der Waals surface area contributed by atoms with E-state index in [1.54, 1.807) is 0 Å². The molecule has 0 aromatic heterocycles. The summed E-state index contributed by atoms with van der Waals surface area (Å²) < 4.78 is 13.4. The topological polar surface area (TPSA) is 18.5 Å². The molecule has 0 saturated carbocycles. The minimum atomic E-state index is -1.85. The molecule has 4 heteroatoms. The summed E-state index contributed by atoms with van der Waals surface area (Å²) in [5.74, 6) is 0.791. The fourth-order valence-corrected chi connectivity index (χ4v) is 3.41. The first-order valence-corrected chi connectivity index (χ1v) is 12.2. The summed E-state index contributed by atoms with van der Waals surface area (Å²) in [6, 6.07) is 10.3. The van der Waals surface area contributed by atoms with Gasteiger partial charge in [-0.25, -0.2) is 0 Å². The molecule has 0 bridgehead atoms. The van der Waals surface area contributed by atoms with Crippen LogP contribution in [0.25, 0.3) is 0 Å². The molecule has 0 amide bonds. The lowest BCUT2D eigenvalue weighted by Gasteiger charge is -2.38. The van der Waals surface area contributed by atoms with E-state index in [1.807, 2.05) is 18.2 Å². The summed E-state index contributed by atoms with van der Waals surface area (Å²) in [6.45, 7) is 16.0. The van der Waals surface area contributed by atoms with Crippen molar-refractivity contribution in [3.05, 3.63) is 48.2 Å². The van der Waals surface area contributed by atoms with Crippen LogP contribution in [0.4, 0.5) is 0 Å². The van der Waals surface area contributed by atoms with Gasteiger partial charge in [-0.05, 0) is 30.1 Å². The fourth-order valence-electron chi connectivity index (χ4n) is 1.75. The van der Waals surface area contributed by atoms with Crippen LogP contribution < -0.4 is 0 Å². The molecule has 124 valence electrons. The Morgan fingerprint density at radius 1 is 1.23 bits per heavy atom. The normalized spacial score (nSPS) is 13.7. The van der Waals surface area contributed by atoms with Crippen LogP contribution in [0.2, 0.25) is 18.1 Å². The quantitative estimate of drug-likeness (QED) is 0.219. The predicted octanol–water partition coefficient (Wildman–Crippen LogP) is 5.93. The Balaban J connectivity index is 2.68. The molecule has 1 aromatic carbocycles. The second kappa shape index (κ2) is 8.50. The first-order valence-electron chi connectivity index (χ1n) is 7.76. The molecule has 1 atom stereocenters. The number of halogens is 1. The summed E-state index contributed by atoms with van der Waals surface area (Å²) in [4.78, 5) is 0. The Hall–Kier alpha value is -0.333. The zero-order valence-corrected chi connectivity index (χ0v) is 17.6. The molecule has 0 N–H and O–H groups in total.